The third kappa shape index (κ3) is 5.36. The van der Waals surface area contributed by atoms with Crippen molar-refractivity contribution in [1.82, 2.24) is 10.2 Å². The Hall–Kier alpha value is -1.33. The van der Waals surface area contributed by atoms with Crippen molar-refractivity contribution in [2.45, 2.75) is 12.8 Å². The molecule has 0 aliphatic carbocycles. The second kappa shape index (κ2) is 9.09. The van der Waals surface area contributed by atoms with Gasteiger partial charge in [-0.3, -0.25) is 4.79 Å². The van der Waals surface area contributed by atoms with Crippen molar-refractivity contribution in [2.75, 3.05) is 25.0 Å². The molecule has 2 rings (SSSR count). The predicted octanol–water partition coefficient (Wildman–Crippen LogP) is 2.67. The molecule has 0 aromatic heterocycles. The molecule has 0 bridgehead atoms. The Balaban J connectivity index is 0.00000264. The quantitative estimate of drug-likeness (QED) is 0.621. The van der Waals surface area contributed by atoms with Gasteiger partial charge in [0.25, 0.3) is 0 Å². The number of urea groups is 1. The second-order valence-corrected chi connectivity index (χ2v) is 5.54. The normalized spacial score (nSPS) is 17.2. The molecule has 8 heteroatoms. The first-order chi connectivity index (χ1) is 10.5. The molecule has 0 spiro atoms. The first-order valence-electron chi connectivity index (χ1n) is 7.09. The molecule has 1 heterocycles. The van der Waals surface area contributed by atoms with Crippen LogP contribution in [-0.4, -0.2) is 36.5 Å². The molecule has 1 aromatic rings. The van der Waals surface area contributed by atoms with Crippen LogP contribution in [0.25, 0.3) is 0 Å². The van der Waals surface area contributed by atoms with E-state index in [1.807, 2.05) is 0 Å². The largest absolute Gasteiger partial charge is 0.368 e. The van der Waals surface area contributed by atoms with E-state index in [0.717, 1.165) is 6.42 Å². The number of carbonyl (C=O) groups is 2. The molecule has 2 N–H and O–H groups in total. The van der Waals surface area contributed by atoms with Gasteiger partial charge in [0, 0.05) is 35.3 Å². The minimum Gasteiger partial charge on any atom is -0.368 e. The number of likely N-dealkylation sites (tertiary alicyclic amines) is 1. The van der Waals surface area contributed by atoms with Crippen LogP contribution in [0.3, 0.4) is 0 Å². The molecule has 1 aromatic carbocycles. The maximum Gasteiger partial charge on any atom is 0.314 e. The van der Waals surface area contributed by atoms with Crippen molar-refractivity contribution in [3.05, 3.63) is 36.0 Å². The van der Waals surface area contributed by atoms with Crippen LogP contribution in [-0.2, 0) is 21.3 Å². The molecule has 1 saturated heterocycles. The molecule has 5 nitrogen and oxygen atoms in total. The van der Waals surface area contributed by atoms with E-state index in [1.165, 1.54) is 12.1 Å². The van der Waals surface area contributed by atoms with E-state index in [2.05, 4.69) is 17.6 Å². The minimum absolute atomic E-state index is 0. The van der Waals surface area contributed by atoms with Crippen LogP contribution in [0.4, 0.5) is 14.9 Å². The number of benzene rings is 1. The second-order valence-electron chi connectivity index (χ2n) is 5.14. The van der Waals surface area contributed by atoms with E-state index < -0.39 is 5.82 Å². The average Bonchev–Trinajstić information content (AvgIpc) is 2.51. The molecule has 0 unspecified atom stereocenters. The number of hydrogen-bond donors (Lipinski definition) is 2. The maximum absolute atomic E-state index is 13.4. The third-order valence-electron chi connectivity index (χ3n) is 3.54. The van der Waals surface area contributed by atoms with E-state index >= 15 is 0 Å². The van der Waals surface area contributed by atoms with E-state index in [9.17, 15) is 14.0 Å². The molecule has 1 aliphatic heterocycles. The molecule has 1 fully saturated rings. The van der Waals surface area contributed by atoms with Gasteiger partial charge in [-0.05, 0) is 31.0 Å². The van der Waals surface area contributed by atoms with Crippen LogP contribution in [0, 0.1) is 18.7 Å². The number of nitrogens with one attached hydrogen (secondary N) is 2. The standard InChI is InChI=1S/C15H18ClFN3O2.Ni/c1-2-18-15(22)20-7-3-4-10(9-20)14(21)19-11-5-6-12(16)13(17)8-11;/h5-6,8,10H,1-4,7,9H2,(H,18,22)(H,19,21);/q-1;/t10-;/m0./s1. The van der Waals surface area contributed by atoms with Crippen LogP contribution in [0.15, 0.2) is 18.2 Å². The molecular formula is C15H18ClFN3NiO2-. The van der Waals surface area contributed by atoms with Crippen LogP contribution < -0.4 is 10.6 Å². The van der Waals surface area contributed by atoms with Gasteiger partial charge in [-0.2, -0.15) is 0 Å². The van der Waals surface area contributed by atoms with Crippen LogP contribution >= 0.6 is 11.6 Å². The summed E-state index contributed by atoms with van der Waals surface area (Å²) in [4.78, 5) is 25.6. The summed E-state index contributed by atoms with van der Waals surface area (Å²) in [5, 5.41) is 5.29. The summed E-state index contributed by atoms with van der Waals surface area (Å²) in [6, 6.07) is 3.89. The van der Waals surface area contributed by atoms with E-state index in [0.29, 0.717) is 31.7 Å². The Bertz CT molecular complexity index is 574. The Labute approximate surface area is 149 Å². The molecule has 130 valence electrons. The number of halogens is 2. The Morgan fingerprint density at radius 2 is 2.17 bits per heavy atom. The molecule has 1 atom stereocenters. The Morgan fingerprint density at radius 3 is 2.83 bits per heavy atom. The first kappa shape index (κ1) is 19.7. The Kier molecular flexibility index (Phi) is 7.79. The SMILES string of the molecule is [CH2-]CNC(=O)N1CCC[C@H](C(=O)Nc2ccc(Cl)c(F)c2)C1.[Ni]. The van der Waals surface area contributed by atoms with E-state index in [4.69, 9.17) is 11.6 Å². The zero-order valence-electron chi connectivity index (χ0n) is 12.4. The topological polar surface area (TPSA) is 61.4 Å². The number of rotatable bonds is 3. The van der Waals surface area contributed by atoms with Gasteiger partial charge < -0.3 is 22.5 Å². The average molecular weight is 385 g/mol. The number of anilines is 1. The Morgan fingerprint density at radius 1 is 1.43 bits per heavy atom. The van der Waals surface area contributed by atoms with Crippen LogP contribution in [0.5, 0.6) is 0 Å². The summed E-state index contributed by atoms with van der Waals surface area (Å²) in [7, 11) is 0. The predicted molar refractivity (Wildman–Crippen MR) is 83.1 cm³/mol. The summed E-state index contributed by atoms with van der Waals surface area (Å²) in [5.41, 5.74) is 0.353. The van der Waals surface area contributed by atoms with Crippen molar-refractivity contribution in [1.29, 1.82) is 0 Å². The first-order valence-corrected chi connectivity index (χ1v) is 7.47. The van der Waals surface area contributed by atoms with Crippen molar-refractivity contribution < 1.29 is 30.5 Å². The zero-order valence-corrected chi connectivity index (χ0v) is 14.1. The smallest absolute Gasteiger partial charge is 0.314 e. The van der Waals surface area contributed by atoms with Crippen molar-refractivity contribution >= 4 is 29.2 Å². The van der Waals surface area contributed by atoms with Gasteiger partial charge in [0.05, 0.1) is 10.9 Å². The zero-order chi connectivity index (χ0) is 16.1. The fourth-order valence-electron chi connectivity index (χ4n) is 2.41. The van der Waals surface area contributed by atoms with Crippen molar-refractivity contribution in [3.63, 3.8) is 0 Å². The fourth-order valence-corrected chi connectivity index (χ4v) is 2.53. The molecule has 3 amide bonds. The minimum atomic E-state index is -0.584. The monoisotopic (exact) mass is 384 g/mol. The van der Waals surface area contributed by atoms with Gasteiger partial charge in [0.15, 0.2) is 0 Å². The van der Waals surface area contributed by atoms with Crippen LogP contribution in [0.2, 0.25) is 5.02 Å². The van der Waals surface area contributed by atoms with Gasteiger partial charge in [-0.25, -0.2) is 9.18 Å². The van der Waals surface area contributed by atoms with Gasteiger partial charge in [0.1, 0.15) is 5.82 Å². The number of piperidine rings is 1. The molecule has 0 radical (unpaired) electrons. The third-order valence-corrected chi connectivity index (χ3v) is 3.85. The molecule has 23 heavy (non-hydrogen) atoms. The molecule has 0 saturated carbocycles. The molecular weight excluding hydrogens is 367 g/mol. The van der Waals surface area contributed by atoms with Gasteiger partial charge in [0.2, 0.25) is 5.91 Å². The van der Waals surface area contributed by atoms with Gasteiger partial charge >= 0.3 is 6.03 Å². The number of hydrogen-bond acceptors (Lipinski definition) is 2. The fraction of sp³-hybridized carbons (Fsp3) is 0.400. The summed E-state index contributed by atoms with van der Waals surface area (Å²) < 4.78 is 13.4. The molecule has 1 aliphatic rings. The summed E-state index contributed by atoms with van der Waals surface area (Å²) in [5.74, 6) is -1.13. The van der Waals surface area contributed by atoms with E-state index in [-0.39, 0.29) is 39.4 Å². The van der Waals surface area contributed by atoms with Crippen molar-refractivity contribution in [3.8, 4) is 0 Å². The maximum atomic E-state index is 13.4. The van der Waals surface area contributed by atoms with Gasteiger partial charge in [-0.15, -0.1) is 6.54 Å². The van der Waals surface area contributed by atoms with Crippen molar-refractivity contribution in [2.24, 2.45) is 5.92 Å². The number of amides is 3. The number of carbonyl (C=O) groups excluding carboxylic acids is 2. The van der Waals surface area contributed by atoms with E-state index in [1.54, 1.807) is 11.0 Å². The summed E-state index contributed by atoms with van der Waals surface area (Å²) in [6.07, 6.45) is 1.44. The van der Waals surface area contributed by atoms with Crippen LogP contribution in [0.1, 0.15) is 12.8 Å². The summed E-state index contributed by atoms with van der Waals surface area (Å²) in [6.45, 7) is 4.82. The summed E-state index contributed by atoms with van der Waals surface area (Å²) >= 11 is 5.61. The van der Waals surface area contributed by atoms with Gasteiger partial charge in [-0.1, -0.05) is 11.6 Å². The number of nitrogens with zero attached hydrogens (tertiary/aromatic N) is 1.